The molecule has 0 fully saturated rings. The zero-order chi connectivity index (χ0) is 14.2. The van der Waals surface area contributed by atoms with Crippen LogP contribution < -0.4 is 0 Å². The van der Waals surface area contributed by atoms with Crippen LogP contribution in [0.3, 0.4) is 0 Å². The van der Waals surface area contributed by atoms with Crippen LogP contribution in [0.2, 0.25) is 0 Å². The Morgan fingerprint density at radius 1 is 0.619 bits per heavy atom. The molecule has 4 aromatic carbocycles. The summed E-state index contributed by atoms with van der Waals surface area (Å²) >= 11 is 0. The molecule has 0 amide bonds. The van der Waals surface area contributed by atoms with Crippen molar-refractivity contribution in [3.8, 4) is 11.1 Å². The van der Waals surface area contributed by atoms with Crippen molar-refractivity contribution in [3.05, 3.63) is 84.4 Å². The molecule has 0 N–H and O–H groups in total. The van der Waals surface area contributed by atoms with E-state index in [1.54, 1.807) is 0 Å². The van der Waals surface area contributed by atoms with E-state index in [1.165, 1.54) is 38.2 Å². The molecule has 100 valence electrons. The fourth-order valence-electron chi connectivity index (χ4n) is 3.08. The SMILES string of the molecule is Cc1ccc2ccc3cccc(-c4ccccc4)c3c2c1. The van der Waals surface area contributed by atoms with Gasteiger partial charge in [-0.2, -0.15) is 0 Å². The van der Waals surface area contributed by atoms with E-state index in [4.69, 9.17) is 0 Å². The molecule has 0 radical (unpaired) electrons. The summed E-state index contributed by atoms with van der Waals surface area (Å²) in [7, 11) is 0. The van der Waals surface area contributed by atoms with Crippen molar-refractivity contribution in [1.82, 2.24) is 0 Å². The zero-order valence-corrected chi connectivity index (χ0v) is 12.0. The quantitative estimate of drug-likeness (QED) is 0.373. The average molecular weight is 268 g/mol. The third kappa shape index (κ3) is 2.00. The molecule has 21 heavy (non-hydrogen) atoms. The van der Waals surface area contributed by atoms with Gasteiger partial charge >= 0.3 is 0 Å². The van der Waals surface area contributed by atoms with Gasteiger partial charge in [0.05, 0.1) is 0 Å². The van der Waals surface area contributed by atoms with Crippen LogP contribution in [0.25, 0.3) is 32.7 Å². The summed E-state index contributed by atoms with van der Waals surface area (Å²) in [5, 5.41) is 5.29. The second-order valence-electron chi connectivity index (χ2n) is 5.56. The van der Waals surface area contributed by atoms with Crippen molar-refractivity contribution in [1.29, 1.82) is 0 Å². The minimum atomic E-state index is 1.28. The van der Waals surface area contributed by atoms with Gasteiger partial charge in [-0.15, -0.1) is 0 Å². The van der Waals surface area contributed by atoms with Crippen molar-refractivity contribution < 1.29 is 0 Å². The summed E-state index contributed by atoms with van der Waals surface area (Å²) in [5.41, 5.74) is 3.89. The highest BCUT2D eigenvalue weighted by Crippen LogP contribution is 2.34. The largest absolute Gasteiger partial charge is 0.0622 e. The van der Waals surface area contributed by atoms with Crippen LogP contribution in [0.4, 0.5) is 0 Å². The van der Waals surface area contributed by atoms with Crippen LogP contribution in [-0.4, -0.2) is 0 Å². The Labute approximate surface area is 124 Å². The first-order valence-electron chi connectivity index (χ1n) is 7.30. The van der Waals surface area contributed by atoms with E-state index in [-0.39, 0.29) is 0 Å². The molecule has 0 aromatic heterocycles. The fraction of sp³-hybridized carbons (Fsp3) is 0.0476. The lowest BCUT2D eigenvalue weighted by Crippen LogP contribution is -1.84. The van der Waals surface area contributed by atoms with E-state index < -0.39 is 0 Å². The molecule has 0 bridgehead atoms. The van der Waals surface area contributed by atoms with E-state index in [2.05, 4.69) is 85.8 Å². The second-order valence-corrected chi connectivity index (χ2v) is 5.56. The summed E-state index contributed by atoms with van der Waals surface area (Å²) in [6.07, 6.45) is 0. The highest BCUT2D eigenvalue weighted by molar-refractivity contribution is 6.14. The van der Waals surface area contributed by atoms with Gasteiger partial charge in [-0.3, -0.25) is 0 Å². The minimum absolute atomic E-state index is 1.28. The number of hydrogen-bond donors (Lipinski definition) is 0. The molecule has 4 aromatic rings. The van der Waals surface area contributed by atoms with Gasteiger partial charge in [0.2, 0.25) is 0 Å². The van der Waals surface area contributed by atoms with E-state index >= 15 is 0 Å². The van der Waals surface area contributed by atoms with Gasteiger partial charge in [-0.05, 0) is 39.6 Å². The molecule has 0 saturated heterocycles. The molecule has 0 aliphatic rings. The van der Waals surface area contributed by atoms with Crippen LogP contribution in [-0.2, 0) is 0 Å². The lowest BCUT2D eigenvalue weighted by molar-refractivity contribution is 1.51. The fourth-order valence-corrected chi connectivity index (χ4v) is 3.08. The van der Waals surface area contributed by atoms with Crippen LogP contribution in [0, 0.1) is 6.92 Å². The number of hydrogen-bond acceptors (Lipinski definition) is 0. The van der Waals surface area contributed by atoms with Crippen LogP contribution in [0.1, 0.15) is 5.56 Å². The van der Waals surface area contributed by atoms with E-state index in [0.29, 0.717) is 0 Å². The maximum Gasteiger partial charge on any atom is -0.00267 e. The normalized spacial score (nSPS) is 11.1. The third-order valence-corrected chi connectivity index (χ3v) is 4.10. The summed E-state index contributed by atoms with van der Waals surface area (Å²) in [6.45, 7) is 2.16. The highest BCUT2D eigenvalue weighted by Gasteiger charge is 2.07. The third-order valence-electron chi connectivity index (χ3n) is 4.10. The van der Waals surface area contributed by atoms with Crippen molar-refractivity contribution in [3.63, 3.8) is 0 Å². The highest BCUT2D eigenvalue weighted by atomic mass is 14.1. The summed E-state index contributed by atoms with van der Waals surface area (Å²) in [4.78, 5) is 0. The van der Waals surface area contributed by atoms with E-state index in [0.717, 1.165) is 0 Å². The molecule has 0 nitrogen and oxygen atoms in total. The molecule has 0 unspecified atom stereocenters. The summed E-state index contributed by atoms with van der Waals surface area (Å²) in [6, 6.07) is 28.3. The van der Waals surface area contributed by atoms with Crippen LogP contribution in [0.5, 0.6) is 0 Å². The topological polar surface area (TPSA) is 0 Å². The lowest BCUT2D eigenvalue weighted by Gasteiger charge is -2.11. The minimum Gasteiger partial charge on any atom is -0.0622 e. The Hall–Kier alpha value is -2.60. The monoisotopic (exact) mass is 268 g/mol. The van der Waals surface area contributed by atoms with Crippen molar-refractivity contribution >= 4 is 21.5 Å². The van der Waals surface area contributed by atoms with Crippen LogP contribution >= 0.6 is 0 Å². The number of fused-ring (bicyclic) bond motifs is 3. The first kappa shape index (κ1) is 12.2. The predicted molar refractivity (Wildman–Crippen MR) is 91.6 cm³/mol. The maximum atomic E-state index is 2.30. The number of rotatable bonds is 1. The molecule has 0 heteroatoms. The van der Waals surface area contributed by atoms with Gasteiger partial charge < -0.3 is 0 Å². The molecule has 0 aliphatic heterocycles. The molecule has 4 rings (SSSR count). The van der Waals surface area contributed by atoms with Gasteiger partial charge in [0.1, 0.15) is 0 Å². The summed E-state index contributed by atoms with van der Waals surface area (Å²) < 4.78 is 0. The van der Waals surface area contributed by atoms with E-state index in [1.807, 2.05) is 0 Å². The smallest absolute Gasteiger partial charge is 0.00267 e. The molecule has 0 atom stereocenters. The zero-order valence-electron chi connectivity index (χ0n) is 12.0. The van der Waals surface area contributed by atoms with Gasteiger partial charge in [-0.1, -0.05) is 84.4 Å². The lowest BCUT2D eigenvalue weighted by atomic mass is 9.93. The number of benzene rings is 4. The Morgan fingerprint density at radius 2 is 1.38 bits per heavy atom. The summed E-state index contributed by atoms with van der Waals surface area (Å²) in [5.74, 6) is 0. The molecule has 0 heterocycles. The molecule has 0 saturated carbocycles. The van der Waals surface area contributed by atoms with Gasteiger partial charge in [0.25, 0.3) is 0 Å². The maximum absolute atomic E-state index is 2.30. The molecule has 0 spiro atoms. The predicted octanol–water partition coefficient (Wildman–Crippen LogP) is 5.97. The second kappa shape index (κ2) is 4.75. The average Bonchev–Trinajstić information content (AvgIpc) is 2.55. The van der Waals surface area contributed by atoms with Gasteiger partial charge in [0.15, 0.2) is 0 Å². The number of aryl methyl sites for hydroxylation is 1. The van der Waals surface area contributed by atoms with E-state index in [9.17, 15) is 0 Å². The van der Waals surface area contributed by atoms with Crippen molar-refractivity contribution in [2.45, 2.75) is 6.92 Å². The van der Waals surface area contributed by atoms with Gasteiger partial charge in [0, 0.05) is 0 Å². The molecular formula is C21H16. The first-order valence-corrected chi connectivity index (χ1v) is 7.30. The Bertz CT molecular complexity index is 934. The first-order chi connectivity index (χ1) is 10.3. The molecular weight excluding hydrogens is 252 g/mol. The Balaban J connectivity index is 2.19. The van der Waals surface area contributed by atoms with Gasteiger partial charge in [-0.25, -0.2) is 0 Å². The Kier molecular flexibility index (Phi) is 2.75. The van der Waals surface area contributed by atoms with Crippen LogP contribution in [0.15, 0.2) is 78.9 Å². The molecule has 0 aliphatic carbocycles. The Morgan fingerprint density at radius 3 is 2.24 bits per heavy atom. The van der Waals surface area contributed by atoms with Crippen molar-refractivity contribution in [2.75, 3.05) is 0 Å². The standard InChI is InChI=1S/C21H16/c1-15-10-11-17-12-13-18-8-5-9-19(21(18)20(17)14-15)16-6-3-2-4-7-16/h2-14H,1H3. The van der Waals surface area contributed by atoms with Crippen molar-refractivity contribution in [2.24, 2.45) is 0 Å².